The second-order valence-electron chi connectivity index (χ2n) is 9.34. The van der Waals surface area contributed by atoms with E-state index in [9.17, 15) is 4.79 Å². The van der Waals surface area contributed by atoms with Crippen LogP contribution in [-0.4, -0.2) is 35.7 Å². The Morgan fingerprint density at radius 2 is 1.70 bits per heavy atom. The molecule has 4 nitrogen and oxygen atoms in total. The molecule has 27 heavy (non-hydrogen) atoms. The Bertz CT molecular complexity index is 729. The molecule has 2 heterocycles. The van der Waals surface area contributed by atoms with Gasteiger partial charge in [0, 0.05) is 30.7 Å². The molecule has 0 aromatic heterocycles. The minimum atomic E-state index is -0.376. The first-order valence-corrected chi connectivity index (χ1v) is 10.1. The summed E-state index contributed by atoms with van der Waals surface area (Å²) < 4.78 is 12.7. The van der Waals surface area contributed by atoms with E-state index < -0.39 is 0 Å². The summed E-state index contributed by atoms with van der Waals surface area (Å²) in [6.45, 7) is 11.9. The number of hydrogen-bond donors (Lipinski definition) is 0. The Balaban J connectivity index is 1.57. The van der Waals surface area contributed by atoms with Gasteiger partial charge in [0.15, 0.2) is 0 Å². The van der Waals surface area contributed by atoms with Crippen LogP contribution in [0.4, 0.5) is 0 Å². The van der Waals surface area contributed by atoms with E-state index in [0.29, 0.717) is 6.54 Å². The van der Waals surface area contributed by atoms with Gasteiger partial charge in [0.2, 0.25) is 5.91 Å². The first-order chi connectivity index (χ1) is 12.7. The zero-order valence-electron chi connectivity index (χ0n) is 17.0. The Labute approximate surface area is 163 Å². The number of carbonyl (C=O) groups excluding carboxylic acids is 1. The first-order valence-electron chi connectivity index (χ1n) is 10.1. The molecule has 0 radical (unpaired) electrons. The predicted octanol–water partition coefficient (Wildman–Crippen LogP) is 3.93. The minimum Gasteiger partial charge on any atom is -0.403 e. The van der Waals surface area contributed by atoms with E-state index in [1.165, 1.54) is 5.56 Å². The van der Waals surface area contributed by atoms with Crippen LogP contribution in [-0.2, 0) is 20.6 Å². The van der Waals surface area contributed by atoms with Crippen molar-refractivity contribution in [2.45, 2.75) is 58.2 Å². The van der Waals surface area contributed by atoms with Gasteiger partial charge in [-0.05, 0) is 39.2 Å². The minimum absolute atomic E-state index is 0.0503. The second kappa shape index (κ2) is 6.49. The number of fused-ring (bicyclic) bond motifs is 1. The molecule has 1 aromatic rings. The average molecular weight is 367 g/mol. The summed E-state index contributed by atoms with van der Waals surface area (Å²) in [5.74, 6) is 0.709. The summed E-state index contributed by atoms with van der Waals surface area (Å²) in [7, 11) is -0.344. The molecule has 1 aliphatic carbocycles. The molecule has 5 heteroatoms. The third kappa shape index (κ3) is 3.15. The molecule has 0 spiro atoms. The van der Waals surface area contributed by atoms with Crippen LogP contribution in [0.3, 0.4) is 0 Å². The van der Waals surface area contributed by atoms with E-state index in [1.54, 1.807) is 0 Å². The van der Waals surface area contributed by atoms with Gasteiger partial charge in [-0.2, -0.15) is 0 Å². The molecular weight excluding hydrogens is 337 g/mol. The van der Waals surface area contributed by atoms with Crippen LogP contribution >= 0.6 is 0 Å². The molecule has 0 N–H and O–H groups in total. The lowest BCUT2D eigenvalue weighted by atomic mass is 9.55. The van der Waals surface area contributed by atoms with Crippen LogP contribution < -0.4 is 0 Å². The molecule has 1 aromatic carbocycles. The number of rotatable bonds is 3. The molecule has 2 fully saturated rings. The highest BCUT2D eigenvalue weighted by Crippen LogP contribution is 2.50. The fourth-order valence-electron chi connectivity index (χ4n) is 4.67. The fraction of sp³-hybridized carbons (Fsp3) is 0.591. The van der Waals surface area contributed by atoms with Crippen molar-refractivity contribution >= 4 is 13.0 Å². The third-order valence-electron chi connectivity index (χ3n) is 6.97. The maximum Gasteiger partial charge on any atom is 0.462 e. The van der Waals surface area contributed by atoms with Gasteiger partial charge in [-0.1, -0.05) is 49.4 Å². The molecule has 1 amide bonds. The highest BCUT2D eigenvalue weighted by molar-refractivity contribution is 6.48. The number of carbonyl (C=O) groups is 1. The van der Waals surface area contributed by atoms with Crippen molar-refractivity contribution in [3.05, 3.63) is 48.0 Å². The quantitative estimate of drug-likeness (QED) is 0.600. The van der Waals surface area contributed by atoms with E-state index in [-0.39, 0.29) is 47.8 Å². The lowest BCUT2D eigenvalue weighted by Gasteiger charge is -2.34. The molecule has 0 unspecified atom stereocenters. The SMILES string of the molecule is C[C@@H]1C=C[C@@H]2CN(Cc3ccccc3)C(=O)[C@@H]2[C@H]1B1OC(C)(C)C(C)(C)O1. The predicted molar refractivity (Wildman–Crippen MR) is 107 cm³/mol. The van der Waals surface area contributed by atoms with Gasteiger partial charge in [0.25, 0.3) is 0 Å². The second-order valence-corrected chi connectivity index (χ2v) is 9.34. The van der Waals surface area contributed by atoms with E-state index in [0.717, 1.165) is 6.54 Å². The summed E-state index contributed by atoms with van der Waals surface area (Å²) in [5, 5.41) is 0. The van der Waals surface area contributed by atoms with Gasteiger partial charge in [-0.15, -0.1) is 0 Å². The number of hydrogen-bond acceptors (Lipinski definition) is 3. The third-order valence-corrected chi connectivity index (χ3v) is 6.97. The number of nitrogens with zero attached hydrogens (tertiary/aromatic N) is 1. The lowest BCUT2D eigenvalue weighted by molar-refractivity contribution is -0.132. The number of allylic oxidation sites excluding steroid dienone is 1. The van der Waals surface area contributed by atoms with Crippen LogP contribution in [0.2, 0.25) is 5.82 Å². The molecule has 4 atom stereocenters. The highest BCUT2D eigenvalue weighted by atomic mass is 16.7. The standard InChI is InChI=1S/C22H30BNO3/c1-15-11-12-17-14-24(13-16-9-7-6-8-10-16)20(25)18(17)19(15)23-26-21(2,3)22(4,5)27-23/h6-12,15,17-19H,13-14H2,1-5H3/t15-,17-,18+,19+/m1/s1. The first kappa shape index (κ1) is 18.8. The average Bonchev–Trinajstić information content (AvgIpc) is 3.02. The molecule has 2 aliphatic heterocycles. The van der Waals surface area contributed by atoms with Gasteiger partial charge >= 0.3 is 7.12 Å². The maximum atomic E-state index is 13.4. The molecule has 0 saturated carbocycles. The van der Waals surface area contributed by atoms with Crippen LogP contribution in [0, 0.1) is 17.8 Å². The molecule has 3 aliphatic rings. The van der Waals surface area contributed by atoms with Crippen molar-refractivity contribution in [3.8, 4) is 0 Å². The largest absolute Gasteiger partial charge is 0.462 e. The molecular formula is C22H30BNO3. The van der Waals surface area contributed by atoms with Crippen LogP contribution in [0.25, 0.3) is 0 Å². The highest BCUT2D eigenvalue weighted by Gasteiger charge is 2.59. The number of likely N-dealkylation sites (tertiary alicyclic amines) is 1. The van der Waals surface area contributed by atoms with Crippen molar-refractivity contribution in [1.29, 1.82) is 0 Å². The van der Waals surface area contributed by atoms with Crippen molar-refractivity contribution in [1.82, 2.24) is 4.90 Å². The maximum absolute atomic E-state index is 13.4. The Hall–Kier alpha value is -1.59. The fourth-order valence-corrected chi connectivity index (χ4v) is 4.67. The van der Waals surface area contributed by atoms with Gasteiger partial charge in [-0.25, -0.2) is 0 Å². The van der Waals surface area contributed by atoms with Crippen LogP contribution in [0.5, 0.6) is 0 Å². The summed E-state index contributed by atoms with van der Waals surface area (Å²) in [6.07, 6.45) is 4.48. The van der Waals surface area contributed by atoms with Crippen molar-refractivity contribution in [3.63, 3.8) is 0 Å². The molecule has 144 valence electrons. The summed E-state index contributed by atoms with van der Waals surface area (Å²) in [4.78, 5) is 15.4. The van der Waals surface area contributed by atoms with Crippen LogP contribution in [0.15, 0.2) is 42.5 Å². The summed E-state index contributed by atoms with van der Waals surface area (Å²) >= 11 is 0. The summed E-state index contributed by atoms with van der Waals surface area (Å²) in [5.41, 5.74) is 0.424. The number of benzene rings is 1. The van der Waals surface area contributed by atoms with E-state index in [1.807, 2.05) is 23.1 Å². The topological polar surface area (TPSA) is 38.8 Å². The van der Waals surface area contributed by atoms with E-state index in [2.05, 4.69) is 58.9 Å². The monoisotopic (exact) mass is 367 g/mol. The Morgan fingerprint density at radius 3 is 2.33 bits per heavy atom. The zero-order chi connectivity index (χ0) is 19.4. The molecule has 2 saturated heterocycles. The smallest absolute Gasteiger partial charge is 0.403 e. The van der Waals surface area contributed by atoms with E-state index >= 15 is 0 Å². The van der Waals surface area contributed by atoms with Crippen molar-refractivity contribution < 1.29 is 14.1 Å². The van der Waals surface area contributed by atoms with Gasteiger partial charge in [0.1, 0.15) is 0 Å². The molecule has 0 bridgehead atoms. The van der Waals surface area contributed by atoms with Gasteiger partial charge in [0.05, 0.1) is 11.2 Å². The van der Waals surface area contributed by atoms with Gasteiger partial charge < -0.3 is 14.2 Å². The Morgan fingerprint density at radius 1 is 1.07 bits per heavy atom. The Kier molecular flexibility index (Phi) is 4.51. The zero-order valence-corrected chi connectivity index (χ0v) is 17.0. The summed E-state index contributed by atoms with van der Waals surface area (Å²) in [6, 6.07) is 10.2. The molecule has 4 rings (SSSR count). The van der Waals surface area contributed by atoms with Crippen molar-refractivity contribution in [2.75, 3.05) is 6.54 Å². The van der Waals surface area contributed by atoms with Crippen LogP contribution in [0.1, 0.15) is 40.2 Å². The lowest BCUT2D eigenvalue weighted by Crippen LogP contribution is -2.41. The van der Waals surface area contributed by atoms with Gasteiger partial charge in [-0.3, -0.25) is 4.79 Å². The number of amides is 1. The normalized spacial score (nSPS) is 34.2. The van der Waals surface area contributed by atoms with E-state index in [4.69, 9.17) is 9.31 Å². The van der Waals surface area contributed by atoms with Crippen molar-refractivity contribution in [2.24, 2.45) is 17.8 Å².